The van der Waals surface area contributed by atoms with Crippen molar-refractivity contribution in [1.29, 1.82) is 0 Å². The Bertz CT molecular complexity index is 896. The molecule has 0 bridgehead atoms. The van der Waals surface area contributed by atoms with Gasteiger partial charge in [0.25, 0.3) is 5.91 Å². The van der Waals surface area contributed by atoms with E-state index in [0.717, 1.165) is 27.6 Å². The Morgan fingerprint density at radius 2 is 1.96 bits per heavy atom. The second kappa shape index (κ2) is 6.49. The average molecular weight is 322 g/mol. The maximum Gasteiger partial charge on any atom is 0.251 e. The summed E-state index contributed by atoms with van der Waals surface area (Å²) in [7, 11) is 1.95. The van der Waals surface area contributed by atoms with E-state index in [-0.39, 0.29) is 12.5 Å². The Morgan fingerprint density at radius 1 is 1.21 bits per heavy atom. The van der Waals surface area contributed by atoms with Crippen LogP contribution < -0.4 is 5.32 Å². The van der Waals surface area contributed by atoms with Gasteiger partial charge in [-0.25, -0.2) is 0 Å². The zero-order valence-electron chi connectivity index (χ0n) is 14.2. The molecule has 4 nitrogen and oxygen atoms in total. The Kier molecular flexibility index (Phi) is 4.40. The summed E-state index contributed by atoms with van der Waals surface area (Å²) in [6, 6.07) is 13.7. The number of rotatable bonds is 4. The summed E-state index contributed by atoms with van der Waals surface area (Å²) in [4.78, 5) is 12.4. The summed E-state index contributed by atoms with van der Waals surface area (Å²) in [5.74, 6) is -0.157. The predicted octanol–water partition coefficient (Wildman–Crippen LogP) is 3.26. The number of hydrogen-bond donors (Lipinski definition) is 2. The number of aliphatic hydroxyl groups excluding tert-OH is 1. The summed E-state index contributed by atoms with van der Waals surface area (Å²) in [5, 5.41) is 14.4. The largest absolute Gasteiger partial charge is 0.386 e. The first-order valence-electron chi connectivity index (χ1n) is 8.05. The highest BCUT2D eigenvalue weighted by Crippen LogP contribution is 2.25. The highest BCUT2D eigenvalue weighted by molar-refractivity contribution is 5.95. The van der Waals surface area contributed by atoms with E-state index in [4.69, 9.17) is 0 Å². The molecular formula is C20H22N2O2. The van der Waals surface area contributed by atoms with Crippen LogP contribution in [0.25, 0.3) is 10.9 Å². The normalized spacial score (nSPS) is 12.3. The number of fused-ring (bicyclic) bond motifs is 1. The van der Waals surface area contributed by atoms with Gasteiger partial charge in [-0.05, 0) is 31.5 Å². The minimum absolute atomic E-state index is 0.157. The van der Waals surface area contributed by atoms with Crippen molar-refractivity contribution in [1.82, 2.24) is 9.88 Å². The van der Waals surface area contributed by atoms with Crippen LogP contribution in [-0.2, 0) is 7.05 Å². The van der Waals surface area contributed by atoms with Gasteiger partial charge in [0.2, 0.25) is 0 Å². The van der Waals surface area contributed by atoms with Crippen LogP contribution in [0.4, 0.5) is 0 Å². The quantitative estimate of drug-likeness (QED) is 0.774. The van der Waals surface area contributed by atoms with Gasteiger partial charge in [-0.3, -0.25) is 4.79 Å². The van der Waals surface area contributed by atoms with Gasteiger partial charge in [0.05, 0.1) is 6.10 Å². The maximum atomic E-state index is 12.4. The predicted molar refractivity (Wildman–Crippen MR) is 96.1 cm³/mol. The SMILES string of the molecule is Cc1ccc(C)c(C(=O)NC[C@@H](O)c2cn(C)c3ccccc23)c1. The van der Waals surface area contributed by atoms with Gasteiger partial charge >= 0.3 is 0 Å². The average Bonchev–Trinajstić information content (AvgIpc) is 2.92. The fourth-order valence-corrected chi connectivity index (χ4v) is 3.01. The number of nitrogens with zero attached hydrogens (tertiary/aromatic N) is 1. The van der Waals surface area contributed by atoms with Gasteiger partial charge in [0.1, 0.15) is 0 Å². The second-order valence-corrected chi connectivity index (χ2v) is 6.26. The third kappa shape index (κ3) is 3.05. The number of aryl methyl sites for hydroxylation is 3. The van der Waals surface area contributed by atoms with E-state index in [1.54, 1.807) is 0 Å². The molecule has 3 rings (SSSR count). The molecule has 2 aromatic carbocycles. The van der Waals surface area contributed by atoms with Crippen LogP contribution in [-0.4, -0.2) is 22.1 Å². The Morgan fingerprint density at radius 3 is 2.75 bits per heavy atom. The van der Waals surface area contributed by atoms with E-state index in [0.29, 0.717) is 5.56 Å². The summed E-state index contributed by atoms with van der Waals surface area (Å²) < 4.78 is 1.99. The number of carbonyl (C=O) groups is 1. The number of nitrogens with one attached hydrogen (secondary N) is 1. The second-order valence-electron chi connectivity index (χ2n) is 6.26. The molecule has 4 heteroatoms. The number of carbonyl (C=O) groups excluding carboxylic acids is 1. The number of hydrogen-bond acceptors (Lipinski definition) is 2. The van der Waals surface area contributed by atoms with E-state index in [1.807, 2.05) is 74.1 Å². The lowest BCUT2D eigenvalue weighted by Crippen LogP contribution is -2.29. The molecule has 0 spiro atoms. The van der Waals surface area contributed by atoms with Gasteiger partial charge in [0.15, 0.2) is 0 Å². The Balaban J connectivity index is 1.76. The zero-order chi connectivity index (χ0) is 17.3. The van der Waals surface area contributed by atoms with Crippen LogP contribution in [0.5, 0.6) is 0 Å². The lowest BCUT2D eigenvalue weighted by atomic mass is 10.0. The molecule has 0 radical (unpaired) electrons. The molecule has 2 N–H and O–H groups in total. The molecule has 1 aromatic heterocycles. The molecule has 24 heavy (non-hydrogen) atoms. The fraction of sp³-hybridized carbons (Fsp3) is 0.250. The summed E-state index contributed by atoms with van der Waals surface area (Å²) in [6.45, 7) is 4.05. The van der Waals surface area contributed by atoms with Crippen LogP contribution >= 0.6 is 0 Å². The van der Waals surface area contributed by atoms with Crippen molar-refractivity contribution in [2.24, 2.45) is 7.05 Å². The van der Waals surface area contributed by atoms with Crippen molar-refractivity contribution in [2.75, 3.05) is 6.54 Å². The lowest BCUT2D eigenvalue weighted by molar-refractivity contribution is 0.0916. The fourth-order valence-electron chi connectivity index (χ4n) is 3.01. The van der Waals surface area contributed by atoms with Gasteiger partial charge in [0, 0.05) is 41.8 Å². The van der Waals surface area contributed by atoms with E-state index in [9.17, 15) is 9.90 Å². The summed E-state index contributed by atoms with van der Waals surface area (Å²) in [6.07, 6.45) is 1.17. The third-order valence-electron chi connectivity index (χ3n) is 4.38. The molecule has 1 amide bonds. The highest BCUT2D eigenvalue weighted by atomic mass is 16.3. The number of amides is 1. The van der Waals surface area contributed by atoms with E-state index in [2.05, 4.69) is 5.32 Å². The van der Waals surface area contributed by atoms with Crippen LogP contribution in [0.2, 0.25) is 0 Å². The van der Waals surface area contributed by atoms with Crippen LogP contribution in [0.15, 0.2) is 48.7 Å². The monoisotopic (exact) mass is 322 g/mol. The molecule has 0 unspecified atom stereocenters. The van der Waals surface area contributed by atoms with Crippen molar-refractivity contribution >= 4 is 16.8 Å². The minimum Gasteiger partial charge on any atom is -0.386 e. The van der Waals surface area contributed by atoms with E-state index in [1.165, 1.54) is 0 Å². The molecule has 1 atom stereocenters. The molecule has 3 aromatic rings. The molecular weight excluding hydrogens is 300 g/mol. The maximum absolute atomic E-state index is 12.4. The topological polar surface area (TPSA) is 54.3 Å². The number of benzene rings is 2. The van der Waals surface area contributed by atoms with Crippen molar-refractivity contribution in [2.45, 2.75) is 20.0 Å². The molecule has 0 saturated carbocycles. The van der Waals surface area contributed by atoms with Gasteiger partial charge in [-0.1, -0.05) is 35.9 Å². The zero-order valence-corrected chi connectivity index (χ0v) is 14.2. The molecule has 0 aliphatic rings. The standard InChI is InChI=1S/C20H22N2O2/c1-13-8-9-14(2)16(10-13)20(24)21-11-19(23)17-12-22(3)18-7-5-4-6-15(17)18/h4-10,12,19,23H,11H2,1-3H3,(H,21,24)/t19-/m1/s1. The number of para-hydroxylation sites is 1. The number of aliphatic hydroxyl groups is 1. The molecule has 0 fully saturated rings. The molecule has 0 aliphatic heterocycles. The van der Waals surface area contributed by atoms with Gasteiger partial charge < -0.3 is 15.0 Å². The molecule has 0 saturated heterocycles. The Labute approximate surface area is 141 Å². The first-order valence-corrected chi connectivity index (χ1v) is 8.05. The van der Waals surface area contributed by atoms with E-state index < -0.39 is 6.10 Å². The van der Waals surface area contributed by atoms with E-state index >= 15 is 0 Å². The van der Waals surface area contributed by atoms with Crippen molar-refractivity contribution in [3.63, 3.8) is 0 Å². The first-order chi connectivity index (χ1) is 11.5. The summed E-state index contributed by atoms with van der Waals surface area (Å²) >= 11 is 0. The van der Waals surface area contributed by atoms with Crippen molar-refractivity contribution in [3.8, 4) is 0 Å². The molecule has 124 valence electrons. The lowest BCUT2D eigenvalue weighted by Gasteiger charge is -2.13. The van der Waals surface area contributed by atoms with Crippen LogP contribution in [0.1, 0.15) is 33.2 Å². The smallest absolute Gasteiger partial charge is 0.251 e. The van der Waals surface area contributed by atoms with Crippen molar-refractivity contribution < 1.29 is 9.90 Å². The molecule has 0 aliphatic carbocycles. The van der Waals surface area contributed by atoms with Crippen molar-refractivity contribution in [3.05, 3.63) is 70.9 Å². The van der Waals surface area contributed by atoms with Crippen LogP contribution in [0.3, 0.4) is 0 Å². The Hall–Kier alpha value is -2.59. The molecule has 1 heterocycles. The summed E-state index contributed by atoms with van der Waals surface area (Å²) in [5.41, 5.74) is 4.51. The van der Waals surface area contributed by atoms with Crippen LogP contribution in [0, 0.1) is 13.8 Å². The number of aromatic nitrogens is 1. The third-order valence-corrected chi connectivity index (χ3v) is 4.38. The van der Waals surface area contributed by atoms with Gasteiger partial charge in [-0.2, -0.15) is 0 Å². The van der Waals surface area contributed by atoms with Gasteiger partial charge in [-0.15, -0.1) is 0 Å². The highest BCUT2D eigenvalue weighted by Gasteiger charge is 2.16. The first kappa shape index (κ1) is 16.3. The minimum atomic E-state index is -0.745.